The van der Waals surface area contributed by atoms with E-state index in [1.165, 1.54) is 0 Å². The van der Waals surface area contributed by atoms with Crippen LogP contribution in [0.2, 0.25) is 0 Å². The van der Waals surface area contributed by atoms with Gasteiger partial charge in [0.2, 0.25) is 9.84 Å². The van der Waals surface area contributed by atoms with Crippen molar-refractivity contribution in [2.75, 3.05) is 18.0 Å². The van der Waals surface area contributed by atoms with Gasteiger partial charge in [0, 0.05) is 29.5 Å². The molecular formula is C26H28N4O4S. The van der Waals surface area contributed by atoms with E-state index in [1.807, 2.05) is 69.3 Å². The summed E-state index contributed by atoms with van der Waals surface area (Å²) >= 11 is 0. The second-order valence-electron chi connectivity index (χ2n) is 9.81. The first-order chi connectivity index (χ1) is 16.6. The SMILES string of the molecule is CC(C)(C)OC(=O)N[C@H]1CCN(c2ccc3n[nH]c(S(=O)(=O)c4cccc5ccccc45)c3c2)C1. The summed E-state index contributed by atoms with van der Waals surface area (Å²) in [7, 11) is -3.84. The third-order valence-corrected chi connectivity index (χ3v) is 7.87. The highest BCUT2D eigenvalue weighted by molar-refractivity contribution is 7.91. The molecule has 1 aliphatic heterocycles. The molecule has 1 aromatic heterocycles. The zero-order chi connectivity index (χ0) is 24.8. The van der Waals surface area contributed by atoms with Crippen molar-refractivity contribution in [1.82, 2.24) is 15.5 Å². The molecule has 4 aromatic rings. The summed E-state index contributed by atoms with van der Waals surface area (Å²) in [6.45, 7) is 6.83. The first-order valence-electron chi connectivity index (χ1n) is 11.6. The molecule has 35 heavy (non-hydrogen) atoms. The molecule has 3 aromatic carbocycles. The van der Waals surface area contributed by atoms with E-state index in [-0.39, 0.29) is 16.0 Å². The van der Waals surface area contributed by atoms with Gasteiger partial charge in [0.15, 0.2) is 5.03 Å². The van der Waals surface area contributed by atoms with Crippen LogP contribution in [-0.2, 0) is 14.6 Å². The van der Waals surface area contributed by atoms with E-state index in [1.54, 1.807) is 12.1 Å². The molecule has 1 amide bonds. The molecule has 0 bridgehead atoms. The topological polar surface area (TPSA) is 104 Å². The Balaban J connectivity index is 1.43. The number of amides is 1. The van der Waals surface area contributed by atoms with Crippen LogP contribution in [0.1, 0.15) is 27.2 Å². The van der Waals surface area contributed by atoms with Crippen LogP contribution < -0.4 is 10.2 Å². The van der Waals surface area contributed by atoms with Crippen molar-refractivity contribution < 1.29 is 17.9 Å². The average Bonchev–Trinajstić information content (AvgIpc) is 3.44. The Kier molecular flexibility index (Phi) is 5.67. The summed E-state index contributed by atoms with van der Waals surface area (Å²) in [6, 6.07) is 18.2. The van der Waals surface area contributed by atoms with Crippen molar-refractivity contribution in [2.45, 2.75) is 48.8 Å². The van der Waals surface area contributed by atoms with E-state index >= 15 is 0 Å². The lowest BCUT2D eigenvalue weighted by Gasteiger charge is -2.22. The number of ether oxygens (including phenoxy) is 1. The van der Waals surface area contributed by atoms with Gasteiger partial charge in [0.05, 0.1) is 16.5 Å². The Labute approximate surface area is 204 Å². The predicted molar refractivity (Wildman–Crippen MR) is 135 cm³/mol. The molecule has 2 heterocycles. The van der Waals surface area contributed by atoms with Crippen LogP contribution in [0.4, 0.5) is 10.5 Å². The van der Waals surface area contributed by atoms with Crippen LogP contribution in [-0.4, -0.2) is 49.4 Å². The maximum atomic E-state index is 13.7. The number of H-pyrrole nitrogens is 1. The van der Waals surface area contributed by atoms with Crippen LogP contribution in [0.25, 0.3) is 21.7 Å². The zero-order valence-corrected chi connectivity index (χ0v) is 20.7. The molecular weight excluding hydrogens is 464 g/mol. The first-order valence-corrected chi connectivity index (χ1v) is 13.1. The summed E-state index contributed by atoms with van der Waals surface area (Å²) in [6.07, 6.45) is 0.335. The normalized spacial score (nSPS) is 16.7. The van der Waals surface area contributed by atoms with Gasteiger partial charge < -0.3 is 15.0 Å². The fourth-order valence-corrected chi connectivity index (χ4v) is 6.07. The lowest BCUT2D eigenvalue weighted by atomic mass is 10.1. The van der Waals surface area contributed by atoms with E-state index in [9.17, 15) is 13.2 Å². The Morgan fingerprint density at radius 3 is 2.66 bits per heavy atom. The molecule has 0 aliphatic carbocycles. The lowest BCUT2D eigenvalue weighted by molar-refractivity contribution is 0.0509. The number of carbonyl (C=O) groups excluding carboxylic acids is 1. The summed E-state index contributed by atoms with van der Waals surface area (Å²) < 4.78 is 32.8. The number of aromatic amines is 1. The van der Waals surface area contributed by atoms with Crippen LogP contribution >= 0.6 is 0 Å². The minimum atomic E-state index is -3.84. The number of fused-ring (bicyclic) bond motifs is 2. The summed E-state index contributed by atoms with van der Waals surface area (Å²) in [4.78, 5) is 14.5. The number of rotatable bonds is 4. The molecule has 9 heteroatoms. The molecule has 0 unspecified atom stereocenters. The van der Waals surface area contributed by atoms with E-state index in [2.05, 4.69) is 20.4 Å². The van der Waals surface area contributed by atoms with Crippen molar-refractivity contribution in [2.24, 2.45) is 0 Å². The third-order valence-electron chi connectivity index (χ3n) is 6.08. The van der Waals surface area contributed by atoms with Gasteiger partial charge in [-0.2, -0.15) is 5.10 Å². The predicted octanol–water partition coefficient (Wildman–Crippen LogP) is 4.65. The van der Waals surface area contributed by atoms with Gasteiger partial charge in [-0.05, 0) is 56.8 Å². The number of nitrogens with one attached hydrogen (secondary N) is 2. The number of carbonyl (C=O) groups is 1. The van der Waals surface area contributed by atoms with E-state index in [0.29, 0.717) is 22.8 Å². The molecule has 0 saturated carbocycles. The molecule has 0 spiro atoms. The highest BCUT2D eigenvalue weighted by atomic mass is 32.2. The Bertz CT molecular complexity index is 1520. The second-order valence-corrected chi connectivity index (χ2v) is 11.7. The van der Waals surface area contributed by atoms with Gasteiger partial charge in [-0.25, -0.2) is 13.2 Å². The molecule has 1 atom stereocenters. The number of sulfone groups is 1. The van der Waals surface area contributed by atoms with Gasteiger partial charge in [0.1, 0.15) is 5.60 Å². The molecule has 1 aliphatic rings. The van der Waals surface area contributed by atoms with Gasteiger partial charge in [-0.15, -0.1) is 0 Å². The number of hydrogen-bond donors (Lipinski definition) is 2. The fraction of sp³-hybridized carbons (Fsp3) is 0.308. The van der Waals surface area contributed by atoms with Crippen molar-refractivity contribution >= 4 is 43.3 Å². The van der Waals surface area contributed by atoms with Crippen LogP contribution in [0, 0.1) is 0 Å². The zero-order valence-electron chi connectivity index (χ0n) is 19.9. The smallest absolute Gasteiger partial charge is 0.407 e. The molecule has 1 saturated heterocycles. The van der Waals surface area contributed by atoms with Gasteiger partial charge in [-0.3, -0.25) is 5.10 Å². The van der Waals surface area contributed by atoms with Crippen molar-refractivity contribution in [3.05, 3.63) is 60.7 Å². The molecule has 1 fully saturated rings. The number of nitrogens with zero attached hydrogens (tertiary/aromatic N) is 2. The first kappa shape index (κ1) is 23.2. The van der Waals surface area contributed by atoms with E-state index in [0.717, 1.165) is 24.0 Å². The minimum absolute atomic E-state index is 0.0521. The minimum Gasteiger partial charge on any atom is -0.444 e. The van der Waals surface area contributed by atoms with Crippen molar-refractivity contribution in [3.63, 3.8) is 0 Å². The Morgan fingerprint density at radius 1 is 1.09 bits per heavy atom. The summed E-state index contributed by atoms with van der Waals surface area (Å²) in [5.41, 5.74) is 0.901. The van der Waals surface area contributed by atoms with Gasteiger partial charge in [0.25, 0.3) is 0 Å². The van der Waals surface area contributed by atoms with Gasteiger partial charge in [-0.1, -0.05) is 36.4 Å². The second kappa shape index (κ2) is 8.57. The monoisotopic (exact) mass is 492 g/mol. The molecule has 0 radical (unpaired) electrons. The van der Waals surface area contributed by atoms with Gasteiger partial charge >= 0.3 is 6.09 Å². The standard InChI is InChI=1S/C26H28N4O4S/c1-26(2,3)34-25(31)27-18-13-14-30(16-18)19-11-12-22-21(15-19)24(29-28-22)35(32,33)23-10-6-8-17-7-4-5-9-20(17)23/h4-12,15,18H,13-14,16H2,1-3H3,(H,27,31)(H,28,29)/t18-/m0/s1. The van der Waals surface area contributed by atoms with Crippen LogP contribution in [0.3, 0.4) is 0 Å². The molecule has 8 nitrogen and oxygen atoms in total. The highest BCUT2D eigenvalue weighted by Crippen LogP contribution is 2.33. The summed E-state index contributed by atoms with van der Waals surface area (Å²) in [5, 5.41) is 12.1. The summed E-state index contributed by atoms with van der Waals surface area (Å²) in [5.74, 6) is 0. The molecule has 182 valence electrons. The Hall–Kier alpha value is -3.59. The number of aromatic nitrogens is 2. The van der Waals surface area contributed by atoms with E-state index < -0.39 is 21.5 Å². The fourth-order valence-electron chi connectivity index (χ4n) is 4.50. The van der Waals surface area contributed by atoms with Crippen molar-refractivity contribution in [1.29, 1.82) is 0 Å². The molecule has 2 N–H and O–H groups in total. The number of anilines is 1. The van der Waals surface area contributed by atoms with Crippen molar-refractivity contribution in [3.8, 4) is 0 Å². The van der Waals surface area contributed by atoms with Crippen LogP contribution in [0.5, 0.6) is 0 Å². The molecule has 5 rings (SSSR count). The quantitative estimate of drug-likeness (QED) is 0.430. The maximum absolute atomic E-state index is 13.7. The number of hydrogen-bond acceptors (Lipinski definition) is 6. The average molecular weight is 493 g/mol. The van der Waals surface area contributed by atoms with E-state index in [4.69, 9.17) is 4.74 Å². The Morgan fingerprint density at radius 2 is 1.86 bits per heavy atom. The highest BCUT2D eigenvalue weighted by Gasteiger charge is 2.28. The third kappa shape index (κ3) is 4.55. The number of alkyl carbamates (subject to hydrolysis) is 1. The largest absolute Gasteiger partial charge is 0.444 e. The maximum Gasteiger partial charge on any atom is 0.407 e. The number of benzene rings is 3. The van der Waals surface area contributed by atoms with Crippen LogP contribution in [0.15, 0.2) is 70.6 Å². The lowest BCUT2D eigenvalue weighted by Crippen LogP contribution is -2.40.